The highest BCUT2D eigenvalue weighted by atomic mass is 32.1. The van der Waals surface area contributed by atoms with E-state index in [1.807, 2.05) is 0 Å². The Morgan fingerprint density at radius 1 is 1.45 bits per heavy atom. The van der Waals surface area contributed by atoms with Crippen LogP contribution in [0.4, 0.5) is 5.69 Å². The van der Waals surface area contributed by atoms with Crippen molar-refractivity contribution in [3.8, 4) is 0 Å². The van der Waals surface area contributed by atoms with Crippen molar-refractivity contribution in [3.63, 3.8) is 0 Å². The zero-order chi connectivity index (χ0) is 14.5. The Kier molecular flexibility index (Phi) is 5.14. The quantitative estimate of drug-likeness (QED) is 0.835. The molecule has 0 aromatic carbocycles. The van der Waals surface area contributed by atoms with Gasteiger partial charge in [-0.05, 0) is 36.8 Å². The number of esters is 1. The van der Waals surface area contributed by atoms with Gasteiger partial charge in [0, 0.05) is 5.92 Å². The fourth-order valence-electron chi connectivity index (χ4n) is 2.72. The zero-order valence-electron chi connectivity index (χ0n) is 11.6. The van der Waals surface area contributed by atoms with Gasteiger partial charge in [0.1, 0.15) is 4.88 Å². The number of nitrogens with one attached hydrogen (secondary N) is 1. The van der Waals surface area contributed by atoms with E-state index in [4.69, 9.17) is 10.5 Å². The molecule has 0 bridgehead atoms. The maximum absolute atomic E-state index is 12.4. The minimum atomic E-state index is -0.422. The molecule has 1 heterocycles. The first kappa shape index (κ1) is 15.0. The smallest absolute Gasteiger partial charge is 0.350 e. The second-order valence-electron chi connectivity index (χ2n) is 5.03. The van der Waals surface area contributed by atoms with Gasteiger partial charge in [0.2, 0.25) is 5.91 Å². The molecule has 1 saturated carbocycles. The molecule has 2 unspecified atom stereocenters. The molecule has 0 radical (unpaired) electrons. The monoisotopic (exact) mass is 296 g/mol. The van der Waals surface area contributed by atoms with Crippen molar-refractivity contribution in [2.45, 2.75) is 25.7 Å². The third-order valence-corrected chi connectivity index (χ3v) is 4.74. The Labute approximate surface area is 122 Å². The van der Waals surface area contributed by atoms with Gasteiger partial charge < -0.3 is 15.8 Å². The molecule has 6 heteroatoms. The summed E-state index contributed by atoms with van der Waals surface area (Å²) in [5.74, 6) is -0.277. The highest BCUT2D eigenvalue weighted by Gasteiger charge is 2.30. The molecule has 1 aliphatic carbocycles. The average Bonchev–Trinajstić information content (AvgIpc) is 2.94. The van der Waals surface area contributed by atoms with Crippen molar-refractivity contribution < 1.29 is 14.3 Å². The first-order chi connectivity index (χ1) is 9.67. The first-order valence-corrected chi connectivity index (χ1v) is 7.72. The number of methoxy groups -OCH3 is 1. The molecule has 110 valence electrons. The summed E-state index contributed by atoms with van der Waals surface area (Å²) in [4.78, 5) is 24.4. The molecular formula is C14H20N2O3S. The molecule has 1 fully saturated rings. The summed E-state index contributed by atoms with van der Waals surface area (Å²) in [6.45, 7) is 0.533. The van der Waals surface area contributed by atoms with Crippen LogP contribution in [0.2, 0.25) is 0 Å². The van der Waals surface area contributed by atoms with Crippen LogP contribution in [0.25, 0.3) is 0 Å². The summed E-state index contributed by atoms with van der Waals surface area (Å²) in [5.41, 5.74) is 6.29. The highest BCUT2D eigenvalue weighted by Crippen LogP contribution is 2.31. The summed E-state index contributed by atoms with van der Waals surface area (Å²) in [6, 6.07) is 1.73. The van der Waals surface area contributed by atoms with E-state index in [0.29, 0.717) is 17.1 Å². The molecule has 0 aliphatic heterocycles. The summed E-state index contributed by atoms with van der Waals surface area (Å²) >= 11 is 1.26. The van der Waals surface area contributed by atoms with Crippen molar-refractivity contribution >= 4 is 28.9 Å². The number of carbonyl (C=O) groups is 2. The van der Waals surface area contributed by atoms with Crippen LogP contribution in [0, 0.1) is 11.8 Å². The summed E-state index contributed by atoms with van der Waals surface area (Å²) in [7, 11) is 1.33. The van der Waals surface area contributed by atoms with Gasteiger partial charge in [-0.1, -0.05) is 12.8 Å². The van der Waals surface area contributed by atoms with Crippen LogP contribution in [0.15, 0.2) is 11.4 Å². The third kappa shape index (κ3) is 3.19. The molecule has 3 N–H and O–H groups in total. The number of anilines is 1. The molecule has 1 amide bonds. The SMILES string of the molecule is COC(=O)c1sccc1NC(=O)C1CCCCC1CN. The minimum Gasteiger partial charge on any atom is -0.465 e. The van der Waals surface area contributed by atoms with Crippen molar-refractivity contribution in [2.24, 2.45) is 17.6 Å². The Hall–Kier alpha value is -1.40. The Bertz CT molecular complexity index is 487. The second-order valence-corrected chi connectivity index (χ2v) is 5.95. The van der Waals surface area contributed by atoms with Gasteiger partial charge in [-0.3, -0.25) is 4.79 Å². The van der Waals surface area contributed by atoms with Crippen molar-refractivity contribution in [2.75, 3.05) is 19.0 Å². The van der Waals surface area contributed by atoms with Crippen molar-refractivity contribution in [3.05, 3.63) is 16.3 Å². The number of thiophene rings is 1. The number of rotatable bonds is 4. The van der Waals surface area contributed by atoms with E-state index in [1.165, 1.54) is 18.4 Å². The lowest BCUT2D eigenvalue weighted by molar-refractivity contribution is -0.122. The molecule has 0 spiro atoms. The number of ether oxygens (including phenoxy) is 1. The first-order valence-electron chi connectivity index (χ1n) is 6.84. The topological polar surface area (TPSA) is 81.4 Å². The van der Waals surface area contributed by atoms with E-state index >= 15 is 0 Å². The van der Waals surface area contributed by atoms with Gasteiger partial charge in [0.25, 0.3) is 0 Å². The van der Waals surface area contributed by atoms with Crippen molar-refractivity contribution in [1.82, 2.24) is 0 Å². The van der Waals surface area contributed by atoms with E-state index < -0.39 is 5.97 Å². The van der Waals surface area contributed by atoms with Crippen molar-refractivity contribution in [1.29, 1.82) is 0 Å². The van der Waals surface area contributed by atoms with Gasteiger partial charge in [-0.25, -0.2) is 4.79 Å². The molecule has 1 aromatic heterocycles. The molecular weight excluding hydrogens is 276 g/mol. The van der Waals surface area contributed by atoms with E-state index in [1.54, 1.807) is 11.4 Å². The molecule has 1 aliphatic rings. The predicted molar refractivity (Wildman–Crippen MR) is 78.8 cm³/mol. The van der Waals surface area contributed by atoms with E-state index in [9.17, 15) is 9.59 Å². The number of amides is 1. The number of nitrogens with two attached hydrogens (primary N) is 1. The lowest BCUT2D eigenvalue weighted by atomic mass is 9.78. The van der Waals surface area contributed by atoms with Gasteiger partial charge in [-0.2, -0.15) is 0 Å². The van der Waals surface area contributed by atoms with Gasteiger partial charge in [0.15, 0.2) is 0 Å². The minimum absolute atomic E-state index is 0.0382. The fourth-order valence-corrected chi connectivity index (χ4v) is 3.48. The molecule has 1 aromatic rings. The van der Waals surface area contributed by atoms with Crippen LogP contribution < -0.4 is 11.1 Å². The fraction of sp³-hybridized carbons (Fsp3) is 0.571. The highest BCUT2D eigenvalue weighted by molar-refractivity contribution is 7.12. The largest absolute Gasteiger partial charge is 0.465 e. The summed E-state index contributed by atoms with van der Waals surface area (Å²) < 4.78 is 4.70. The van der Waals surface area contributed by atoms with E-state index in [0.717, 1.165) is 25.7 Å². The second kappa shape index (κ2) is 6.85. The van der Waals surface area contributed by atoms with Gasteiger partial charge in [-0.15, -0.1) is 11.3 Å². The van der Waals surface area contributed by atoms with Gasteiger partial charge in [0.05, 0.1) is 12.8 Å². The molecule has 5 nitrogen and oxygen atoms in total. The van der Waals surface area contributed by atoms with Crippen LogP contribution >= 0.6 is 11.3 Å². The average molecular weight is 296 g/mol. The van der Waals surface area contributed by atoms with Gasteiger partial charge >= 0.3 is 5.97 Å². The van der Waals surface area contributed by atoms with Crippen LogP contribution in [0.1, 0.15) is 35.4 Å². The number of hydrogen-bond donors (Lipinski definition) is 2. The summed E-state index contributed by atoms with van der Waals surface area (Å²) in [5, 5.41) is 4.62. The van der Waals surface area contributed by atoms with Crippen LogP contribution in [0.3, 0.4) is 0 Å². The van der Waals surface area contributed by atoms with E-state index in [2.05, 4.69) is 5.32 Å². The van der Waals surface area contributed by atoms with Crippen LogP contribution in [-0.2, 0) is 9.53 Å². The molecule has 2 rings (SSSR count). The Morgan fingerprint density at radius 2 is 2.20 bits per heavy atom. The standard InChI is InChI=1S/C14H20N2O3S/c1-19-14(18)12-11(6-7-20-12)16-13(17)10-5-3-2-4-9(10)8-15/h6-7,9-10H,2-5,8,15H2,1H3,(H,16,17). The molecule has 20 heavy (non-hydrogen) atoms. The maximum atomic E-state index is 12.4. The normalized spacial score (nSPS) is 22.3. The maximum Gasteiger partial charge on any atom is 0.350 e. The lowest BCUT2D eigenvalue weighted by Crippen LogP contribution is -2.35. The van der Waals surface area contributed by atoms with Crippen LogP contribution in [-0.4, -0.2) is 25.5 Å². The molecule has 2 atom stereocenters. The van der Waals surface area contributed by atoms with Crippen LogP contribution in [0.5, 0.6) is 0 Å². The zero-order valence-corrected chi connectivity index (χ0v) is 12.4. The summed E-state index contributed by atoms with van der Waals surface area (Å²) in [6.07, 6.45) is 4.06. The Morgan fingerprint density at radius 3 is 2.90 bits per heavy atom. The predicted octanol–water partition coefficient (Wildman–Crippen LogP) is 2.24. The number of hydrogen-bond acceptors (Lipinski definition) is 5. The lowest BCUT2D eigenvalue weighted by Gasteiger charge is -2.29. The Balaban J connectivity index is 2.07. The van der Waals surface area contributed by atoms with E-state index in [-0.39, 0.29) is 17.7 Å². The molecule has 0 saturated heterocycles. The third-order valence-electron chi connectivity index (χ3n) is 3.84. The number of carbonyl (C=O) groups excluding carboxylic acids is 2.